The monoisotopic (exact) mass is 1490 g/mol. The van der Waals surface area contributed by atoms with E-state index in [0.717, 1.165) is 65.5 Å². The number of nitrogens with two attached hydrogens (primary N) is 1. The first kappa shape index (κ1) is 97.4. The van der Waals surface area contributed by atoms with Crippen LogP contribution in [0.25, 0.3) is 10.4 Å². The molecule has 109 heavy (non-hydrogen) atoms. The number of rotatable bonds is 32. The van der Waals surface area contributed by atoms with Crippen molar-refractivity contribution >= 4 is 35.6 Å². The van der Waals surface area contributed by atoms with E-state index in [0.29, 0.717) is 114 Å². The molecule has 0 saturated heterocycles. The number of benzene rings is 6. The number of nitrogens with zero attached hydrogens (tertiary/aromatic N) is 15. The van der Waals surface area contributed by atoms with E-state index in [1.54, 1.807) is 81.2 Å². The Morgan fingerprint density at radius 3 is 1.07 bits per heavy atom. The largest absolute Gasteiger partial charge is 1.00 e. The van der Waals surface area contributed by atoms with Crippen molar-refractivity contribution in [3.05, 3.63) is 271 Å². The molecule has 10 N–H and O–H groups in total. The molecule has 0 spiro atoms. The minimum atomic E-state index is -1.10. The van der Waals surface area contributed by atoms with Crippen LogP contribution >= 0.6 is 0 Å². The van der Waals surface area contributed by atoms with Gasteiger partial charge in [-0.2, -0.15) is 0 Å². The number of aliphatic hydroxyl groups is 1. The summed E-state index contributed by atoms with van der Waals surface area (Å²) in [6, 6.07) is 49.9. The molecule has 0 aliphatic rings. The Labute approximate surface area is 648 Å². The Kier molecular flexibility index (Phi) is 49.9. The van der Waals surface area contributed by atoms with Crippen LogP contribution in [0.15, 0.2) is 188 Å². The number of ether oxygens (including phenoxy) is 2. The Balaban J connectivity index is 0.00000136. The van der Waals surface area contributed by atoms with Gasteiger partial charge in [-0.25, -0.2) is 14.4 Å². The summed E-state index contributed by atoms with van der Waals surface area (Å²) >= 11 is 0. The fourth-order valence-electron chi connectivity index (χ4n) is 9.45. The molecule has 3 amide bonds. The fourth-order valence-corrected chi connectivity index (χ4v) is 9.45. The van der Waals surface area contributed by atoms with Crippen LogP contribution in [0.1, 0.15) is 181 Å². The molecule has 10 aromatic rings. The molecule has 10 rings (SSSR count). The van der Waals surface area contributed by atoms with Crippen molar-refractivity contribution in [3.63, 3.8) is 0 Å². The van der Waals surface area contributed by atoms with Gasteiger partial charge in [0, 0.05) is 70.4 Å². The molecule has 0 fully saturated rings. The predicted octanol–water partition coefficient (Wildman–Crippen LogP) is 8.03. The zero-order valence-electron chi connectivity index (χ0n) is 60.4. The zero-order chi connectivity index (χ0) is 73.8. The number of azide groups is 1. The average Bonchev–Trinajstić information content (AvgIpc) is 1.80. The summed E-state index contributed by atoms with van der Waals surface area (Å²) in [6.07, 6.45) is 12.2. The second-order valence-corrected chi connectivity index (χ2v) is 23.5. The van der Waals surface area contributed by atoms with E-state index in [9.17, 15) is 28.8 Å². The van der Waals surface area contributed by atoms with E-state index < -0.39 is 5.97 Å². The number of carbonyl (C=O) groups excluding carboxylic acids is 5. The van der Waals surface area contributed by atoms with Gasteiger partial charge in [0.15, 0.2) is 22.8 Å². The predicted molar refractivity (Wildman–Crippen MR) is 410 cm³/mol. The first-order valence-electron chi connectivity index (χ1n) is 33.7. The molecule has 6 aromatic carbocycles. The Morgan fingerprint density at radius 1 is 0.459 bits per heavy atom. The van der Waals surface area contributed by atoms with Gasteiger partial charge >= 0.3 is 36.8 Å². The first-order valence-corrected chi connectivity index (χ1v) is 33.7. The SMILES string of the molecule is C.C.C.Cc1cccc(CN)c1.Cc1cccc(CNC(=O)c2cn(CCCCN=[N+]=[N-])nn2)c1.Cc1cccc(CNC(=O)c2cn(CCCCO)nn2)c1.Cc1cccc(CNC(=O)c2cn(CCCCOC(=O)c3ccccc3)nn2)c1.O.O=C(OCCCCn1cc(C(=O)O)nn1)c1ccccc1.[Li+].[OH-]. The number of aryl methyl sites for hydroxylation is 8. The summed E-state index contributed by atoms with van der Waals surface area (Å²) < 4.78 is 16.7. The van der Waals surface area contributed by atoms with E-state index in [2.05, 4.69) is 86.3 Å². The van der Waals surface area contributed by atoms with Crippen molar-refractivity contribution in [2.75, 3.05) is 26.4 Å². The molecule has 0 unspecified atom stereocenters. The first-order chi connectivity index (χ1) is 50.0. The number of carboxylic acid groups (broad SMARTS) is 1. The van der Waals surface area contributed by atoms with E-state index in [1.165, 1.54) is 22.0 Å². The van der Waals surface area contributed by atoms with Crippen LogP contribution in [0.3, 0.4) is 0 Å². The Hall–Kier alpha value is -11.6. The third-order valence-electron chi connectivity index (χ3n) is 14.8. The molecular weight excluding hydrogens is 1390 g/mol. The van der Waals surface area contributed by atoms with Crippen LogP contribution in [0.5, 0.6) is 0 Å². The maximum Gasteiger partial charge on any atom is 1.00 e. The van der Waals surface area contributed by atoms with Crippen molar-refractivity contribution in [1.29, 1.82) is 0 Å². The molecule has 4 heterocycles. The maximum atomic E-state index is 12.2. The molecule has 580 valence electrons. The van der Waals surface area contributed by atoms with Crippen molar-refractivity contribution in [2.45, 2.75) is 154 Å². The standard InChI is InChI=1S/C22H24N4O3.C15H19N7O.C15H20N4O2.C14H15N3O4.C8H11N.3CH4.Li.2H2O/c1-17-8-7-9-18(14-17)15-23-21(27)20-16-26(25-24-20)12-5-6-13-29-22(28)19-10-3-2-4-11-19;1-12-5-4-6-13(9-12)10-17-15(23)14-11-22(21-19-14)8-3-2-7-18-20-16;1-12-5-4-6-13(9-12)10-16-15(21)14-11-19(18-17-14)7-2-3-8-20;18-13(19)12-10-17(16-15-12)8-4-5-9-21-14(20)11-6-2-1-3-7-11;1-7-3-2-4-8(5-7)6-9;;;;;;/h2-4,7-11,14,16H,5-6,12-13,15H2,1H3,(H,23,27);4-6,9,11H,2-3,7-8,10H2,1H3,(H,17,23);4-6,9,11,20H,2-3,7-8,10H2,1H3,(H,16,21);1-3,6-7,10H,4-5,8-9H2,(H,18,19);2-5H,6,9H2,1H3;3*1H4;;2*1H2/q;;;;;;;;+1;;/p-1. The molecule has 31 nitrogen and oxygen atoms in total. The normalized spacial score (nSPS) is 9.74. The number of hydrogen-bond acceptors (Lipinski definition) is 20. The number of aliphatic hydroxyl groups excluding tert-OH is 1. The van der Waals surface area contributed by atoms with Crippen LogP contribution in [0.2, 0.25) is 0 Å². The summed E-state index contributed by atoms with van der Waals surface area (Å²) in [7, 11) is 0. The Morgan fingerprint density at radius 2 is 0.771 bits per heavy atom. The van der Waals surface area contributed by atoms with Gasteiger partial charge in [0.2, 0.25) is 0 Å². The van der Waals surface area contributed by atoms with Crippen molar-refractivity contribution < 1.29 is 78.3 Å². The summed E-state index contributed by atoms with van der Waals surface area (Å²) in [5.74, 6) is -2.49. The molecule has 4 aromatic heterocycles. The molecule has 0 atom stereocenters. The number of carboxylic acids is 1. The van der Waals surface area contributed by atoms with Crippen LogP contribution < -0.4 is 40.5 Å². The minimum absolute atomic E-state index is 0. The van der Waals surface area contributed by atoms with E-state index in [4.69, 9.17) is 31.0 Å². The van der Waals surface area contributed by atoms with Crippen LogP contribution in [-0.2, 0) is 61.8 Å². The van der Waals surface area contributed by atoms with Gasteiger partial charge in [0.05, 0.1) is 49.1 Å². The third-order valence-corrected chi connectivity index (χ3v) is 14.8. The van der Waals surface area contributed by atoms with E-state index in [1.807, 2.05) is 118 Å². The van der Waals surface area contributed by atoms with Crippen molar-refractivity contribution in [1.82, 2.24) is 75.9 Å². The fraction of sp³-hybridized carbons (Fsp3) is 0.351. The second-order valence-electron chi connectivity index (χ2n) is 23.5. The average molecular weight is 1490 g/mol. The quantitative estimate of drug-likeness (QED) is 0.00580. The molecule has 32 heteroatoms. The summed E-state index contributed by atoms with van der Waals surface area (Å²) in [4.78, 5) is 73.1. The molecule has 0 aliphatic carbocycles. The molecule has 0 bridgehead atoms. The van der Waals surface area contributed by atoms with E-state index >= 15 is 0 Å². The van der Waals surface area contributed by atoms with Crippen LogP contribution in [0.4, 0.5) is 0 Å². The van der Waals surface area contributed by atoms with Gasteiger partial charge < -0.3 is 52.3 Å². The van der Waals surface area contributed by atoms with Crippen LogP contribution in [0, 0.1) is 27.7 Å². The number of aromatic nitrogens is 12. The topological polar surface area (TPSA) is 457 Å². The van der Waals surface area contributed by atoms with Gasteiger partial charge in [-0.3, -0.25) is 33.1 Å². The number of nitrogens with one attached hydrogen (secondary N) is 3. The van der Waals surface area contributed by atoms with Gasteiger partial charge in [-0.05, 0) is 131 Å². The van der Waals surface area contributed by atoms with Crippen LogP contribution in [-0.4, -0.2) is 143 Å². The summed E-state index contributed by atoms with van der Waals surface area (Å²) in [5, 5.41) is 60.1. The third kappa shape index (κ3) is 38.5. The molecule has 0 saturated carbocycles. The summed E-state index contributed by atoms with van der Waals surface area (Å²) in [6.45, 7) is 13.8. The smallest absolute Gasteiger partial charge is 0.870 e. The van der Waals surface area contributed by atoms with Crippen molar-refractivity contribution in [2.24, 2.45) is 10.8 Å². The minimum Gasteiger partial charge on any atom is -0.870 e. The molecule has 0 aliphatic heterocycles. The number of hydrogen-bond donors (Lipinski definition) is 6. The van der Waals surface area contributed by atoms with Gasteiger partial charge in [-0.15, -0.1) is 20.4 Å². The Bertz CT molecular complexity index is 4280. The van der Waals surface area contributed by atoms with Gasteiger partial charge in [-0.1, -0.05) is 204 Å². The zero-order valence-corrected chi connectivity index (χ0v) is 60.4. The molecule has 0 radical (unpaired) electrons. The van der Waals surface area contributed by atoms with Gasteiger partial charge in [0.25, 0.3) is 17.7 Å². The second kappa shape index (κ2) is 55.8. The number of aromatic carboxylic acids is 1. The number of esters is 2. The van der Waals surface area contributed by atoms with Gasteiger partial charge in [0.1, 0.15) is 0 Å². The number of amides is 3. The molecular formula is C77H104LiN19O12. The number of carbonyl (C=O) groups is 6. The van der Waals surface area contributed by atoms with E-state index in [-0.39, 0.29) is 99.7 Å². The summed E-state index contributed by atoms with van der Waals surface area (Å²) in [5.41, 5.74) is 24.6. The maximum absolute atomic E-state index is 12.2. The van der Waals surface area contributed by atoms with Crippen molar-refractivity contribution in [3.8, 4) is 0 Å². The number of unbranched alkanes of at least 4 members (excludes halogenated alkanes) is 4.